The Morgan fingerprint density at radius 2 is 2.00 bits per heavy atom. The maximum atomic E-state index is 11.0. The molecule has 13 heavy (non-hydrogen) atoms. The van der Waals surface area contributed by atoms with E-state index in [0.717, 1.165) is 0 Å². The molecule has 0 aliphatic rings. The predicted molar refractivity (Wildman–Crippen MR) is 50.6 cm³/mol. The Bertz CT molecular complexity index is 175. The molecule has 0 aromatic carbocycles. The molecule has 0 saturated carbocycles. The molecule has 0 aliphatic carbocycles. The maximum Gasteiger partial charge on any atom is 0.325 e. The van der Waals surface area contributed by atoms with Gasteiger partial charge in [-0.1, -0.05) is 0 Å². The van der Waals surface area contributed by atoms with Gasteiger partial charge < -0.3 is 15.4 Å². The molecule has 0 aliphatic heterocycles. The zero-order valence-electron chi connectivity index (χ0n) is 7.78. The minimum Gasteiger partial charge on any atom is -0.468 e. The van der Waals surface area contributed by atoms with Gasteiger partial charge in [0.1, 0.15) is 6.54 Å². The van der Waals surface area contributed by atoms with Gasteiger partial charge in [-0.05, 0) is 0 Å². The standard InChI is InChI=1S/C7H14N2O3.ClH/c1-9(5-7(11)12-2)6(10)3-4-8;/h3-5,8H2,1-2H3;1H. The second-order valence-electron chi connectivity index (χ2n) is 2.36. The van der Waals surface area contributed by atoms with E-state index in [-0.39, 0.29) is 31.3 Å². The van der Waals surface area contributed by atoms with Crippen molar-refractivity contribution in [3.8, 4) is 0 Å². The molecule has 2 N–H and O–H groups in total. The van der Waals surface area contributed by atoms with Gasteiger partial charge >= 0.3 is 5.97 Å². The normalized spacial score (nSPS) is 8.54. The third kappa shape index (κ3) is 6.36. The summed E-state index contributed by atoms with van der Waals surface area (Å²) in [5, 5.41) is 0. The van der Waals surface area contributed by atoms with E-state index < -0.39 is 5.97 Å². The summed E-state index contributed by atoms with van der Waals surface area (Å²) in [5.41, 5.74) is 5.17. The number of esters is 1. The molecule has 0 heterocycles. The molecule has 1 amide bonds. The highest BCUT2D eigenvalue weighted by atomic mass is 35.5. The molecule has 0 atom stereocenters. The fourth-order valence-corrected chi connectivity index (χ4v) is 0.661. The maximum absolute atomic E-state index is 11.0. The smallest absolute Gasteiger partial charge is 0.325 e. The highest BCUT2D eigenvalue weighted by molar-refractivity contribution is 5.85. The molecule has 0 saturated heterocycles. The number of nitrogens with two attached hydrogens (primary N) is 1. The van der Waals surface area contributed by atoms with E-state index in [4.69, 9.17) is 5.73 Å². The lowest BCUT2D eigenvalue weighted by molar-refractivity contribution is -0.146. The van der Waals surface area contributed by atoms with Crippen LogP contribution in [0, 0.1) is 0 Å². The summed E-state index contributed by atoms with van der Waals surface area (Å²) in [5.74, 6) is -0.578. The van der Waals surface area contributed by atoms with Crippen LogP contribution in [0.4, 0.5) is 0 Å². The Balaban J connectivity index is 0. The van der Waals surface area contributed by atoms with E-state index in [1.165, 1.54) is 19.1 Å². The first-order valence-electron chi connectivity index (χ1n) is 3.62. The van der Waals surface area contributed by atoms with Crippen LogP contribution in [0.5, 0.6) is 0 Å². The fraction of sp³-hybridized carbons (Fsp3) is 0.714. The molecule has 0 fully saturated rings. The van der Waals surface area contributed by atoms with Crippen molar-refractivity contribution >= 4 is 24.3 Å². The van der Waals surface area contributed by atoms with Crippen molar-refractivity contribution in [1.82, 2.24) is 4.90 Å². The van der Waals surface area contributed by atoms with Crippen LogP contribution in [-0.2, 0) is 14.3 Å². The minimum absolute atomic E-state index is 0. The Kier molecular flexibility index (Phi) is 8.84. The highest BCUT2D eigenvalue weighted by Crippen LogP contribution is 1.89. The van der Waals surface area contributed by atoms with Gasteiger partial charge in [-0.15, -0.1) is 12.4 Å². The topological polar surface area (TPSA) is 72.6 Å². The summed E-state index contributed by atoms with van der Waals surface area (Å²) >= 11 is 0. The van der Waals surface area contributed by atoms with Crippen LogP contribution in [-0.4, -0.2) is 44.0 Å². The molecule has 78 valence electrons. The van der Waals surface area contributed by atoms with Crippen LogP contribution < -0.4 is 5.73 Å². The summed E-state index contributed by atoms with van der Waals surface area (Å²) in [6.45, 7) is 0.277. The SMILES string of the molecule is COC(=O)CN(C)C(=O)CCN.Cl. The highest BCUT2D eigenvalue weighted by Gasteiger charge is 2.11. The molecule has 0 unspecified atom stereocenters. The first-order valence-corrected chi connectivity index (χ1v) is 3.62. The Hall–Kier alpha value is -0.810. The minimum atomic E-state index is -0.428. The van der Waals surface area contributed by atoms with E-state index in [1.54, 1.807) is 0 Å². The number of carbonyl (C=O) groups is 2. The molecule has 0 aromatic heterocycles. The van der Waals surface area contributed by atoms with E-state index in [9.17, 15) is 9.59 Å². The second kappa shape index (κ2) is 7.82. The monoisotopic (exact) mass is 210 g/mol. The van der Waals surface area contributed by atoms with Crippen LogP contribution in [0.2, 0.25) is 0 Å². The Labute approximate surface area is 83.6 Å². The zero-order valence-corrected chi connectivity index (χ0v) is 8.60. The molecule has 0 bridgehead atoms. The number of nitrogens with zero attached hydrogens (tertiary/aromatic N) is 1. The Morgan fingerprint density at radius 1 is 1.46 bits per heavy atom. The number of hydrogen-bond donors (Lipinski definition) is 1. The number of amides is 1. The average Bonchev–Trinajstić information content (AvgIpc) is 2.04. The van der Waals surface area contributed by atoms with Crippen molar-refractivity contribution < 1.29 is 14.3 Å². The van der Waals surface area contributed by atoms with Crippen LogP contribution in [0.25, 0.3) is 0 Å². The molecule has 6 heteroatoms. The lowest BCUT2D eigenvalue weighted by Crippen LogP contribution is -2.33. The largest absolute Gasteiger partial charge is 0.468 e. The summed E-state index contributed by atoms with van der Waals surface area (Å²) < 4.78 is 4.39. The number of rotatable bonds is 4. The van der Waals surface area contributed by atoms with Gasteiger partial charge in [0.05, 0.1) is 7.11 Å². The molecular weight excluding hydrogens is 196 g/mol. The summed E-state index contributed by atoms with van der Waals surface area (Å²) in [4.78, 5) is 23.0. The zero-order chi connectivity index (χ0) is 9.56. The molecule has 0 rings (SSSR count). The molecule has 0 aromatic rings. The van der Waals surface area contributed by atoms with Crippen LogP contribution in [0.15, 0.2) is 0 Å². The third-order valence-corrected chi connectivity index (χ3v) is 1.38. The van der Waals surface area contributed by atoms with Crippen molar-refractivity contribution in [2.24, 2.45) is 5.73 Å². The van der Waals surface area contributed by atoms with Gasteiger partial charge in [-0.2, -0.15) is 0 Å². The van der Waals surface area contributed by atoms with Gasteiger partial charge in [0.15, 0.2) is 0 Å². The van der Waals surface area contributed by atoms with Crippen molar-refractivity contribution in [2.45, 2.75) is 6.42 Å². The quantitative estimate of drug-likeness (QED) is 0.629. The number of carbonyl (C=O) groups excluding carboxylic acids is 2. The fourth-order valence-electron chi connectivity index (χ4n) is 0.661. The number of methoxy groups -OCH3 is 1. The van der Waals surface area contributed by atoms with Crippen molar-refractivity contribution in [1.29, 1.82) is 0 Å². The van der Waals surface area contributed by atoms with Gasteiger partial charge in [0, 0.05) is 20.0 Å². The summed E-state index contributed by atoms with van der Waals surface area (Å²) in [6.07, 6.45) is 0.257. The van der Waals surface area contributed by atoms with Crippen molar-refractivity contribution in [2.75, 3.05) is 27.2 Å². The molecule has 0 spiro atoms. The van der Waals surface area contributed by atoms with E-state index >= 15 is 0 Å². The average molecular weight is 211 g/mol. The van der Waals surface area contributed by atoms with Crippen LogP contribution in [0.1, 0.15) is 6.42 Å². The number of ether oxygens (including phenoxy) is 1. The van der Waals surface area contributed by atoms with Gasteiger partial charge in [-0.25, -0.2) is 0 Å². The van der Waals surface area contributed by atoms with Crippen LogP contribution >= 0.6 is 12.4 Å². The molecule has 0 radical (unpaired) electrons. The van der Waals surface area contributed by atoms with Crippen molar-refractivity contribution in [3.63, 3.8) is 0 Å². The second-order valence-corrected chi connectivity index (χ2v) is 2.36. The predicted octanol–water partition coefficient (Wildman–Crippen LogP) is -0.612. The molecule has 5 nitrogen and oxygen atoms in total. The third-order valence-electron chi connectivity index (χ3n) is 1.38. The van der Waals surface area contributed by atoms with E-state index in [1.807, 2.05) is 0 Å². The lowest BCUT2D eigenvalue weighted by Gasteiger charge is -2.14. The summed E-state index contributed by atoms with van der Waals surface area (Å²) in [7, 11) is 2.82. The number of likely N-dealkylation sites (N-methyl/N-ethyl adjacent to an activating group) is 1. The van der Waals surface area contributed by atoms with Crippen LogP contribution in [0.3, 0.4) is 0 Å². The first kappa shape index (κ1) is 14.7. The Morgan fingerprint density at radius 3 is 2.38 bits per heavy atom. The summed E-state index contributed by atoms with van der Waals surface area (Å²) in [6, 6.07) is 0. The van der Waals surface area contributed by atoms with Crippen molar-refractivity contribution in [3.05, 3.63) is 0 Å². The number of hydrogen-bond acceptors (Lipinski definition) is 4. The van der Waals surface area contributed by atoms with Gasteiger partial charge in [0.25, 0.3) is 0 Å². The van der Waals surface area contributed by atoms with E-state index in [2.05, 4.69) is 4.74 Å². The number of halogens is 1. The van der Waals surface area contributed by atoms with Gasteiger partial charge in [0.2, 0.25) is 5.91 Å². The first-order chi connectivity index (χ1) is 5.61. The molecular formula is C7H15ClN2O3. The van der Waals surface area contributed by atoms with E-state index in [0.29, 0.717) is 6.54 Å². The van der Waals surface area contributed by atoms with Gasteiger partial charge in [-0.3, -0.25) is 9.59 Å². The lowest BCUT2D eigenvalue weighted by atomic mass is 10.4.